The van der Waals surface area contributed by atoms with Gasteiger partial charge in [0.2, 0.25) is 5.91 Å². The molecule has 5 N–H and O–H groups in total. The smallest absolute Gasteiger partial charge is 0.320 e. The van der Waals surface area contributed by atoms with Crippen molar-refractivity contribution in [2.75, 3.05) is 46.4 Å². The van der Waals surface area contributed by atoms with Gasteiger partial charge in [-0.25, -0.2) is 4.79 Å². The number of piperidine rings is 2. The lowest BCUT2D eigenvalue weighted by molar-refractivity contribution is -0.130. The molecule has 198 valence electrons. The summed E-state index contributed by atoms with van der Waals surface area (Å²) in [6.07, 6.45) is 2.00. The Morgan fingerprint density at radius 2 is 1.94 bits per heavy atom. The normalized spacial score (nSPS) is 43.9. The predicted octanol–water partition coefficient (Wildman–Crippen LogP) is -0.234. The van der Waals surface area contributed by atoms with Crippen LogP contribution >= 0.6 is 23.4 Å². The monoisotopic (exact) mass is 530 g/mol. The number of nitrogens with zero attached hydrogens (tertiary/aromatic N) is 2. The number of fused-ring (bicyclic) bond motifs is 1. The number of hydrogen-bond donors (Lipinski definition) is 5. The molecule has 5 rings (SSSR count). The maximum absolute atomic E-state index is 13.5. The summed E-state index contributed by atoms with van der Waals surface area (Å²) in [5.74, 6) is 0.363. The Morgan fingerprint density at radius 3 is 2.66 bits per heavy atom. The largest absolute Gasteiger partial charge is 0.391 e. The summed E-state index contributed by atoms with van der Waals surface area (Å²) < 4.78 is 5.79. The number of rotatable bonds is 4. The third-order valence-electron chi connectivity index (χ3n) is 8.44. The summed E-state index contributed by atoms with van der Waals surface area (Å²) in [5, 5.41) is 23.6. The highest BCUT2D eigenvalue weighted by Crippen LogP contribution is 2.38. The standard InChI is InChI=1S/C23H39ClN6O4S/c1-12-5-14(15-6-20(24)26-8-18(15)34-2)16(7-25-12)21(32)28-22-27-17-10-30(11-19(17)35-22)23(33)29-4-3-13(31)9-29/h12-20,22,25-27,31H,3-11H2,1-2H3,(H,28,32)/t12?,13-,14?,15?,16?,17?,18?,19?,20?,22?/m1/s1. The zero-order valence-electron chi connectivity index (χ0n) is 20.5. The molecule has 0 saturated carbocycles. The Balaban J connectivity index is 1.16. The zero-order chi connectivity index (χ0) is 24.7. The summed E-state index contributed by atoms with van der Waals surface area (Å²) >= 11 is 8.15. The van der Waals surface area contributed by atoms with Gasteiger partial charge in [-0.2, -0.15) is 0 Å². The van der Waals surface area contributed by atoms with Crippen LogP contribution < -0.4 is 21.3 Å². The first-order valence-corrected chi connectivity index (χ1v) is 14.3. The van der Waals surface area contributed by atoms with Gasteiger partial charge in [0.25, 0.3) is 0 Å². The summed E-state index contributed by atoms with van der Waals surface area (Å²) in [4.78, 5) is 29.9. The average molecular weight is 531 g/mol. The second kappa shape index (κ2) is 10.9. The van der Waals surface area contributed by atoms with Gasteiger partial charge < -0.3 is 30.3 Å². The van der Waals surface area contributed by atoms with Crippen molar-refractivity contribution in [3.8, 4) is 0 Å². The number of hydrogen-bond acceptors (Lipinski definition) is 8. The SMILES string of the molecule is COC1CNC(Cl)CC1C1CC(C)NCC1C(=O)NC1NC2CN(C(=O)N3CC[C@@H](O)C3)CC2S1. The van der Waals surface area contributed by atoms with Gasteiger partial charge >= 0.3 is 6.03 Å². The van der Waals surface area contributed by atoms with Crippen LogP contribution in [-0.4, -0.2) is 114 Å². The van der Waals surface area contributed by atoms with E-state index in [0.717, 1.165) is 12.8 Å². The number of ether oxygens (including phenoxy) is 1. The van der Waals surface area contributed by atoms with E-state index in [9.17, 15) is 14.7 Å². The van der Waals surface area contributed by atoms with Gasteiger partial charge in [0.05, 0.1) is 23.6 Å². The molecule has 12 heteroatoms. The number of amides is 3. The maximum atomic E-state index is 13.5. The number of carbonyl (C=O) groups is 2. The van der Waals surface area contributed by atoms with Gasteiger partial charge in [0, 0.05) is 63.7 Å². The Kier molecular flexibility index (Phi) is 8.03. The van der Waals surface area contributed by atoms with Crippen molar-refractivity contribution in [1.82, 2.24) is 31.1 Å². The molecule has 0 bridgehead atoms. The van der Waals surface area contributed by atoms with Gasteiger partial charge in [-0.1, -0.05) is 0 Å². The van der Waals surface area contributed by atoms with Gasteiger partial charge in [-0.05, 0) is 38.0 Å². The zero-order valence-corrected chi connectivity index (χ0v) is 22.1. The molecule has 10 nitrogen and oxygen atoms in total. The molecule has 5 heterocycles. The minimum Gasteiger partial charge on any atom is -0.391 e. The van der Waals surface area contributed by atoms with Crippen LogP contribution in [0.25, 0.3) is 0 Å². The summed E-state index contributed by atoms with van der Waals surface area (Å²) in [6, 6.07) is 0.515. The molecule has 0 aromatic rings. The topological polar surface area (TPSA) is 118 Å². The van der Waals surface area contributed by atoms with Gasteiger partial charge in [0.15, 0.2) is 0 Å². The Labute approximate surface area is 216 Å². The second-order valence-corrected chi connectivity index (χ2v) is 12.7. The highest BCUT2D eigenvalue weighted by atomic mass is 35.5. The van der Waals surface area contributed by atoms with Crippen LogP contribution in [0, 0.1) is 17.8 Å². The van der Waals surface area contributed by atoms with Crippen LogP contribution in [0.1, 0.15) is 26.2 Å². The molecule has 0 aromatic carbocycles. The number of aliphatic hydroxyl groups excluding tert-OH is 1. The van der Waals surface area contributed by atoms with Crippen molar-refractivity contribution >= 4 is 35.3 Å². The fourth-order valence-electron chi connectivity index (χ4n) is 6.54. The molecule has 0 spiro atoms. The van der Waals surface area contributed by atoms with E-state index in [4.69, 9.17) is 16.3 Å². The van der Waals surface area contributed by atoms with Gasteiger partial charge in [0.1, 0.15) is 5.50 Å². The minimum absolute atomic E-state index is 0.0106. The molecule has 0 aromatic heterocycles. The van der Waals surface area contributed by atoms with Gasteiger partial charge in [-0.15, -0.1) is 23.4 Å². The number of likely N-dealkylation sites (tertiary alicyclic amines) is 2. The summed E-state index contributed by atoms with van der Waals surface area (Å²) in [6.45, 7) is 5.86. The number of nitrogens with one attached hydrogen (secondary N) is 4. The summed E-state index contributed by atoms with van der Waals surface area (Å²) in [5.41, 5.74) is -0.253. The average Bonchev–Trinajstić information content (AvgIpc) is 3.53. The van der Waals surface area contributed by atoms with E-state index in [1.165, 1.54) is 0 Å². The van der Waals surface area contributed by atoms with E-state index in [-0.39, 0.29) is 58.1 Å². The van der Waals surface area contributed by atoms with Gasteiger partial charge in [-0.3, -0.25) is 15.4 Å². The van der Waals surface area contributed by atoms with Crippen molar-refractivity contribution in [2.45, 2.75) is 66.7 Å². The highest BCUT2D eigenvalue weighted by molar-refractivity contribution is 8.00. The first-order valence-electron chi connectivity index (χ1n) is 12.9. The summed E-state index contributed by atoms with van der Waals surface area (Å²) in [7, 11) is 1.74. The Morgan fingerprint density at radius 1 is 1.11 bits per heavy atom. The van der Waals surface area contributed by atoms with E-state index in [2.05, 4.69) is 28.2 Å². The highest BCUT2D eigenvalue weighted by Gasteiger charge is 2.47. The molecule has 9 unspecified atom stereocenters. The molecule has 0 radical (unpaired) electrons. The van der Waals surface area contributed by atoms with Crippen LogP contribution in [0.2, 0.25) is 0 Å². The molecule has 5 fully saturated rings. The molecule has 35 heavy (non-hydrogen) atoms. The Bertz CT molecular complexity index is 783. The number of carbonyl (C=O) groups excluding carboxylic acids is 2. The quantitative estimate of drug-likeness (QED) is 0.250. The molecule has 5 aliphatic rings. The fraction of sp³-hybridized carbons (Fsp3) is 0.913. The minimum atomic E-state index is -0.409. The van der Waals surface area contributed by atoms with E-state index < -0.39 is 6.10 Å². The number of alkyl halides is 1. The lowest BCUT2D eigenvalue weighted by Gasteiger charge is -2.45. The molecular weight excluding hydrogens is 492 g/mol. The number of urea groups is 1. The number of aliphatic hydroxyl groups is 1. The van der Waals surface area contributed by atoms with Crippen molar-refractivity contribution < 1.29 is 19.4 Å². The predicted molar refractivity (Wildman–Crippen MR) is 135 cm³/mol. The molecular formula is C23H39ClN6O4S. The van der Waals surface area contributed by atoms with Crippen molar-refractivity contribution in [2.24, 2.45) is 17.8 Å². The number of β-amino-alcohol motifs (C(OH)–C–C–N with tert-alkyl or cyclic N) is 1. The van der Waals surface area contributed by atoms with E-state index in [0.29, 0.717) is 51.7 Å². The lowest BCUT2D eigenvalue weighted by Crippen LogP contribution is -2.57. The van der Waals surface area contributed by atoms with Crippen LogP contribution in [0.15, 0.2) is 0 Å². The Hall–Kier alpha value is -0.820. The van der Waals surface area contributed by atoms with E-state index in [1.54, 1.807) is 23.8 Å². The van der Waals surface area contributed by atoms with Crippen LogP contribution in [0.3, 0.4) is 0 Å². The molecule has 5 saturated heterocycles. The van der Waals surface area contributed by atoms with E-state index >= 15 is 0 Å². The first kappa shape index (κ1) is 25.8. The number of halogens is 1. The molecule has 3 amide bonds. The second-order valence-electron chi connectivity index (χ2n) is 10.8. The van der Waals surface area contributed by atoms with Crippen LogP contribution in [0.4, 0.5) is 4.79 Å². The van der Waals surface area contributed by atoms with Crippen molar-refractivity contribution in [1.29, 1.82) is 0 Å². The first-order chi connectivity index (χ1) is 16.8. The van der Waals surface area contributed by atoms with Crippen LogP contribution in [0.5, 0.6) is 0 Å². The van der Waals surface area contributed by atoms with E-state index in [1.807, 2.05) is 4.90 Å². The van der Waals surface area contributed by atoms with Crippen LogP contribution in [-0.2, 0) is 9.53 Å². The van der Waals surface area contributed by atoms with Crippen molar-refractivity contribution in [3.63, 3.8) is 0 Å². The number of thioether (sulfide) groups is 1. The van der Waals surface area contributed by atoms with Crippen molar-refractivity contribution in [3.05, 3.63) is 0 Å². The molecule has 5 aliphatic heterocycles. The maximum Gasteiger partial charge on any atom is 0.320 e. The fourth-order valence-corrected chi connectivity index (χ4v) is 8.24. The third kappa shape index (κ3) is 5.56. The number of methoxy groups -OCH3 is 1. The lowest BCUT2D eigenvalue weighted by atomic mass is 9.70. The molecule has 0 aliphatic carbocycles. The molecule has 10 atom stereocenters. The third-order valence-corrected chi connectivity index (χ3v) is 10.1.